The monoisotopic (exact) mass is 261 g/mol. The lowest BCUT2D eigenvalue weighted by Gasteiger charge is -2.13. The van der Waals surface area contributed by atoms with Crippen molar-refractivity contribution in [3.8, 4) is 0 Å². The first-order valence-corrected chi connectivity index (χ1v) is 5.94. The molecule has 1 atom stereocenters. The molecule has 1 unspecified atom stereocenters. The van der Waals surface area contributed by atoms with Gasteiger partial charge in [-0.2, -0.15) is 5.21 Å². The third kappa shape index (κ3) is 3.03. The van der Waals surface area contributed by atoms with E-state index in [-0.39, 0.29) is 11.9 Å². The number of anilines is 1. The van der Waals surface area contributed by atoms with Crippen molar-refractivity contribution in [1.82, 2.24) is 30.9 Å². The van der Waals surface area contributed by atoms with Crippen LogP contribution in [0.5, 0.6) is 0 Å². The molecule has 8 nitrogen and oxygen atoms in total. The number of pyridine rings is 1. The molecule has 2 aromatic heterocycles. The molecule has 2 aromatic rings. The van der Waals surface area contributed by atoms with E-state index >= 15 is 0 Å². The summed E-state index contributed by atoms with van der Waals surface area (Å²) in [7, 11) is 0. The molecule has 100 valence electrons. The molecule has 0 aliphatic rings. The van der Waals surface area contributed by atoms with E-state index in [1.54, 1.807) is 25.4 Å². The minimum Gasteiger partial charge on any atom is -0.383 e. The van der Waals surface area contributed by atoms with E-state index in [0.29, 0.717) is 23.6 Å². The molecule has 0 saturated heterocycles. The van der Waals surface area contributed by atoms with Gasteiger partial charge in [-0.3, -0.25) is 9.78 Å². The van der Waals surface area contributed by atoms with Gasteiger partial charge >= 0.3 is 0 Å². The number of nitrogens with one attached hydrogen (secondary N) is 3. The van der Waals surface area contributed by atoms with Crippen LogP contribution in [0.3, 0.4) is 0 Å². The molecule has 0 aromatic carbocycles. The smallest absolute Gasteiger partial charge is 0.254 e. The Balaban J connectivity index is 2.11. The lowest BCUT2D eigenvalue weighted by atomic mass is 10.2. The lowest BCUT2D eigenvalue weighted by Crippen LogP contribution is -2.28. The van der Waals surface area contributed by atoms with Gasteiger partial charge in [0.2, 0.25) is 0 Å². The number of tetrazole rings is 1. The normalized spacial score (nSPS) is 11.9. The third-order valence-electron chi connectivity index (χ3n) is 2.53. The Labute approximate surface area is 110 Å². The van der Waals surface area contributed by atoms with Crippen LogP contribution in [0.2, 0.25) is 0 Å². The number of aromatic amines is 1. The first-order valence-electron chi connectivity index (χ1n) is 5.94. The lowest BCUT2D eigenvalue weighted by molar-refractivity contribution is 0.0939. The van der Waals surface area contributed by atoms with Crippen LogP contribution in [0.25, 0.3) is 0 Å². The van der Waals surface area contributed by atoms with Gasteiger partial charge in [-0.15, -0.1) is 10.2 Å². The molecule has 3 N–H and O–H groups in total. The number of nitrogens with zero attached hydrogens (tertiary/aromatic N) is 4. The topological polar surface area (TPSA) is 108 Å². The maximum Gasteiger partial charge on any atom is 0.254 e. The van der Waals surface area contributed by atoms with Crippen molar-refractivity contribution in [3.63, 3.8) is 0 Å². The van der Waals surface area contributed by atoms with Gasteiger partial charge < -0.3 is 10.6 Å². The minimum absolute atomic E-state index is 0.212. The van der Waals surface area contributed by atoms with Crippen molar-refractivity contribution in [2.75, 3.05) is 11.9 Å². The molecular formula is C11H15N7O. The van der Waals surface area contributed by atoms with Crippen molar-refractivity contribution in [1.29, 1.82) is 0 Å². The Kier molecular flexibility index (Phi) is 4.01. The highest BCUT2D eigenvalue weighted by molar-refractivity contribution is 5.99. The highest BCUT2D eigenvalue weighted by Gasteiger charge is 2.16. The maximum absolute atomic E-state index is 12.2. The van der Waals surface area contributed by atoms with E-state index in [9.17, 15) is 4.79 Å². The second-order valence-corrected chi connectivity index (χ2v) is 3.92. The van der Waals surface area contributed by atoms with E-state index in [1.165, 1.54) is 0 Å². The Morgan fingerprint density at radius 3 is 3.05 bits per heavy atom. The van der Waals surface area contributed by atoms with Crippen LogP contribution in [-0.4, -0.2) is 38.1 Å². The molecule has 8 heteroatoms. The van der Waals surface area contributed by atoms with Crippen LogP contribution in [0.1, 0.15) is 36.1 Å². The van der Waals surface area contributed by atoms with Crippen molar-refractivity contribution in [2.45, 2.75) is 19.9 Å². The summed E-state index contributed by atoms with van der Waals surface area (Å²) in [6, 6.07) is 1.34. The van der Waals surface area contributed by atoms with Crippen molar-refractivity contribution >= 4 is 11.6 Å². The van der Waals surface area contributed by atoms with E-state index in [0.717, 1.165) is 0 Å². The minimum atomic E-state index is -0.325. The van der Waals surface area contributed by atoms with E-state index in [4.69, 9.17) is 0 Å². The van der Waals surface area contributed by atoms with Crippen molar-refractivity contribution < 1.29 is 4.79 Å². The summed E-state index contributed by atoms with van der Waals surface area (Å²) < 4.78 is 0. The van der Waals surface area contributed by atoms with Gasteiger partial charge in [0.1, 0.15) is 0 Å². The van der Waals surface area contributed by atoms with Crippen molar-refractivity contribution in [2.24, 2.45) is 0 Å². The zero-order valence-corrected chi connectivity index (χ0v) is 10.7. The van der Waals surface area contributed by atoms with Gasteiger partial charge in [0.25, 0.3) is 5.91 Å². The van der Waals surface area contributed by atoms with Crippen LogP contribution in [0.4, 0.5) is 5.69 Å². The molecule has 2 heterocycles. The summed E-state index contributed by atoms with van der Waals surface area (Å²) in [5, 5.41) is 19.4. The largest absolute Gasteiger partial charge is 0.383 e. The van der Waals surface area contributed by atoms with Gasteiger partial charge in [0.05, 0.1) is 23.5 Å². The van der Waals surface area contributed by atoms with Crippen LogP contribution >= 0.6 is 0 Å². The number of amides is 1. The van der Waals surface area contributed by atoms with Gasteiger partial charge in [-0.1, -0.05) is 5.21 Å². The summed E-state index contributed by atoms with van der Waals surface area (Å²) in [4.78, 5) is 16.2. The van der Waals surface area contributed by atoms with Crippen LogP contribution in [-0.2, 0) is 0 Å². The zero-order valence-electron chi connectivity index (χ0n) is 10.7. The molecule has 0 aliphatic heterocycles. The summed E-state index contributed by atoms with van der Waals surface area (Å²) in [5.41, 5.74) is 1.23. The number of carbonyl (C=O) groups excluding carboxylic acids is 1. The summed E-state index contributed by atoms with van der Waals surface area (Å²) >= 11 is 0. The first-order chi connectivity index (χ1) is 9.22. The predicted molar refractivity (Wildman–Crippen MR) is 68.5 cm³/mol. The third-order valence-corrected chi connectivity index (χ3v) is 2.53. The second-order valence-electron chi connectivity index (χ2n) is 3.92. The highest BCUT2D eigenvalue weighted by Crippen LogP contribution is 2.14. The van der Waals surface area contributed by atoms with E-state index in [2.05, 4.69) is 36.2 Å². The molecule has 0 spiro atoms. The molecule has 0 fully saturated rings. The fraction of sp³-hybridized carbons (Fsp3) is 0.364. The highest BCUT2D eigenvalue weighted by atomic mass is 16.1. The number of aromatic nitrogens is 5. The molecule has 0 aliphatic carbocycles. The Morgan fingerprint density at radius 2 is 2.37 bits per heavy atom. The van der Waals surface area contributed by atoms with Crippen molar-refractivity contribution in [3.05, 3.63) is 29.8 Å². The van der Waals surface area contributed by atoms with E-state index in [1.807, 2.05) is 6.92 Å². The fourth-order valence-corrected chi connectivity index (χ4v) is 1.62. The Hall–Kier alpha value is -2.51. The van der Waals surface area contributed by atoms with Gasteiger partial charge in [0.15, 0.2) is 5.82 Å². The molecular weight excluding hydrogens is 246 g/mol. The molecule has 0 bridgehead atoms. The quantitative estimate of drug-likeness (QED) is 0.724. The predicted octanol–water partition coefficient (Wildman–Crippen LogP) is 0.517. The number of rotatable bonds is 5. The maximum atomic E-state index is 12.2. The number of hydrogen-bond acceptors (Lipinski definition) is 6. The van der Waals surface area contributed by atoms with Crippen LogP contribution in [0.15, 0.2) is 18.5 Å². The summed E-state index contributed by atoms with van der Waals surface area (Å²) in [5.74, 6) is 0.225. The molecule has 0 radical (unpaired) electrons. The molecule has 2 rings (SSSR count). The Morgan fingerprint density at radius 1 is 1.53 bits per heavy atom. The average Bonchev–Trinajstić information content (AvgIpc) is 2.93. The molecule has 19 heavy (non-hydrogen) atoms. The number of carbonyl (C=O) groups is 1. The molecule has 0 saturated carbocycles. The fourth-order valence-electron chi connectivity index (χ4n) is 1.62. The second kappa shape index (κ2) is 5.89. The van der Waals surface area contributed by atoms with Gasteiger partial charge in [0, 0.05) is 12.7 Å². The SMILES string of the molecule is CCNc1cnccc1C(=O)NC(C)c1nn[nH]n1. The van der Waals surface area contributed by atoms with Gasteiger partial charge in [-0.25, -0.2) is 0 Å². The van der Waals surface area contributed by atoms with Crippen LogP contribution in [0, 0.1) is 0 Å². The first kappa shape index (κ1) is 12.9. The summed E-state index contributed by atoms with van der Waals surface area (Å²) in [6.07, 6.45) is 3.20. The average molecular weight is 261 g/mol. The zero-order chi connectivity index (χ0) is 13.7. The van der Waals surface area contributed by atoms with Gasteiger partial charge in [-0.05, 0) is 19.9 Å². The molecule has 1 amide bonds. The van der Waals surface area contributed by atoms with E-state index < -0.39 is 0 Å². The summed E-state index contributed by atoms with van der Waals surface area (Å²) in [6.45, 7) is 4.46. The number of hydrogen-bond donors (Lipinski definition) is 3. The Bertz CT molecular complexity index is 540. The number of H-pyrrole nitrogens is 1. The van der Waals surface area contributed by atoms with Crippen LogP contribution < -0.4 is 10.6 Å². The standard InChI is InChI=1S/C11H15N7O/c1-3-13-9-6-12-5-4-8(9)11(19)14-7(2)10-15-17-18-16-10/h4-7,13H,3H2,1-2H3,(H,14,19)(H,15,16,17,18).